The van der Waals surface area contributed by atoms with Gasteiger partial charge >= 0.3 is 19.8 Å². The third-order valence-electron chi connectivity index (χ3n) is 14.2. The van der Waals surface area contributed by atoms with Gasteiger partial charge in [-0.2, -0.15) is 0 Å². The minimum Gasteiger partial charge on any atom is -0.462 e. The van der Waals surface area contributed by atoms with Crippen LogP contribution in [0, 0.1) is 0 Å². The van der Waals surface area contributed by atoms with E-state index in [-0.39, 0.29) is 32.0 Å². The predicted octanol–water partition coefficient (Wildman–Crippen LogP) is 20.8. The van der Waals surface area contributed by atoms with Crippen LogP contribution in [0.5, 0.6) is 0 Å². The fourth-order valence-electron chi connectivity index (χ4n) is 9.22. The molecule has 9 nitrogen and oxygen atoms in total. The average Bonchev–Trinajstić information content (AvgIpc) is 3.41. The van der Waals surface area contributed by atoms with E-state index in [0.29, 0.717) is 17.4 Å². The van der Waals surface area contributed by atoms with Gasteiger partial charge in [-0.3, -0.25) is 18.6 Å². The summed E-state index contributed by atoms with van der Waals surface area (Å²) >= 11 is 0. The van der Waals surface area contributed by atoms with Gasteiger partial charge in [0.25, 0.3) is 0 Å². The molecule has 0 fully saturated rings. The molecule has 0 aromatic carbocycles. The van der Waals surface area contributed by atoms with Crippen molar-refractivity contribution in [3.8, 4) is 0 Å². The van der Waals surface area contributed by atoms with Crippen molar-refractivity contribution in [3.63, 3.8) is 0 Å². The Bertz CT molecular complexity index is 1550. The third-order valence-corrected chi connectivity index (χ3v) is 15.2. The lowest BCUT2D eigenvalue weighted by Gasteiger charge is -2.24. The molecular formula is C68H125NO8P+. The molecule has 0 aliphatic heterocycles. The Morgan fingerprint density at radius 1 is 0.410 bits per heavy atom. The highest BCUT2D eigenvalue weighted by atomic mass is 31.2. The molecule has 0 aromatic heterocycles. The lowest BCUT2D eigenvalue weighted by molar-refractivity contribution is -0.870. The van der Waals surface area contributed by atoms with E-state index in [9.17, 15) is 19.0 Å². The third kappa shape index (κ3) is 62.6. The molecule has 0 aliphatic rings. The molecule has 0 aromatic rings. The minimum absolute atomic E-state index is 0.0311. The van der Waals surface area contributed by atoms with E-state index in [0.717, 1.165) is 64.2 Å². The highest BCUT2D eigenvalue weighted by Crippen LogP contribution is 2.43. The largest absolute Gasteiger partial charge is 0.472 e. The summed E-state index contributed by atoms with van der Waals surface area (Å²) in [4.78, 5) is 35.8. The summed E-state index contributed by atoms with van der Waals surface area (Å²) in [7, 11) is 1.48. The molecule has 0 spiro atoms. The fourth-order valence-corrected chi connectivity index (χ4v) is 9.96. The summed E-state index contributed by atoms with van der Waals surface area (Å²) < 4.78 is 34.7. The highest BCUT2D eigenvalue weighted by Gasteiger charge is 2.27. The van der Waals surface area contributed by atoms with Crippen molar-refractivity contribution in [1.82, 2.24) is 0 Å². The number of carbonyl (C=O) groups is 2. The quantitative estimate of drug-likeness (QED) is 0.0211. The summed E-state index contributed by atoms with van der Waals surface area (Å²) in [5.41, 5.74) is 0. The molecule has 0 heterocycles. The number of unbranched alkanes of at least 4 members (excludes halogenated alkanes) is 34. The summed E-state index contributed by atoms with van der Waals surface area (Å²) in [5.74, 6) is -0.789. The number of hydrogen-bond acceptors (Lipinski definition) is 7. The van der Waals surface area contributed by atoms with E-state index in [1.165, 1.54) is 199 Å². The zero-order valence-corrected chi connectivity index (χ0v) is 52.5. The number of esters is 2. The van der Waals surface area contributed by atoms with Gasteiger partial charge in [0, 0.05) is 12.8 Å². The van der Waals surface area contributed by atoms with Crippen molar-refractivity contribution in [1.29, 1.82) is 0 Å². The SMILES string of the molecule is CC/C=C\C/C=C\C/C=C\C/C=C\C/C=C\CCCCCCCCCCCCCCCCCCCC(=O)OC(COC(=O)CCCCCCCCCCC/C=C\CCCCCCCCCC)COP(=O)(O)OCC[N+](C)(C)C. The van der Waals surface area contributed by atoms with E-state index in [1.807, 2.05) is 21.1 Å². The second kappa shape index (κ2) is 59.1. The molecule has 0 aliphatic carbocycles. The number of quaternary nitrogens is 1. The summed E-state index contributed by atoms with van der Waals surface area (Å²) in [6.07, 6.45) is 78.5. The zero-order chi connectivity index (χ0) is 57.0. The van der Waals surface area contributed by atoms with E-state index < -0.39 is 26.5 Å². The van der Waals surface area contributed by atoms with Gasteiger partial charge in [-0.1, -0.05) is 273 Å². The Morgan fingerprint density at radius 3 is 1.10 bits per heavy atom. The molecule has 0 radical (unpaired) electrons. The average molecular weight is 1120 g/mol. The zero-order valence-electron chi connectivity index (χ0n) is 51.6. The molecule has 0 rings (SSSR count). The topological polar surface area (TPSA) is 108 Å². The van der Waals surface area contributed by atoms with Crippen LogP contribution in [0.15, 0.2) is 72.9 Å². The predicted molar refractivity (Wildman–Crippen MR) is 335 cm³/mol. The standard InChI is InChI=1S/C68H124NO8P/c1-6-8-10-12-14-16-18-20-22-24-26-28-29-30-31-32-33-34-35-36-37-38-39-41-43-45-47-49-51-53-55-57-59-61-68(71)77-66(65-76-78(72,73)75-63-62-69(3,4)5)64-74-67(70)60-58-56-54-52-50-48-46-44-42-40-27-25-23-21-19-17-15-13-11-9-7-2/h8,10,14,16,20,22,25-28,30-31,66H,6-7,9,11-13,15,17-19,21,23-24,29,32-65H2,1-5H3/p+1/b10-8-,16-14-,22-20-,27-25-,28-26-,31-30-. The van der Waals surface area contributed by atoms with Gasteiger partial charge < -0.3 is 18.9 Å². The van der Waals surface area contributed by atoms with Crippen LogP contribution in [0.4, 0.5) is 0 Å². The second-order valence-corrected chi connectivity index (χ2v) is 24.6. The van der Waals surface area contributed by atoms with Crippen LogP contribution in [0.1, 0.15) is 296 Å². The summed E-state index contributed by atoms with van der Waals surface area (Å²) in [6, 6.07) is 0. The number of likely N-dealkylation sites (N-methyl/N-ethyl adjacent to an activating group) is 1. The van der Waals surface area contributed by atoms with Crippen LogP contribution in [0.3, 0.4) is 0 Å². The smallest absolute Gasteiger partial charge is 0.462 e. The van der Waals surface area contributed by atoms with Crippen LogP contribution in [0.25, 0.3) is 0 Å². The summed E-state index contributed by atoms with van der Waals surface area (Å²) in [5, 5.41) is 0. The van der Waals surface area contributed by atoms with Crippen LogP contribution in [-0.4, -0.2) is 74.9 Å². The number of carbonyl (C=O) groups excluding carboxylic acids is 2. The first kappa shape index (κ1) is 75.5. The minimum atomic E-state index is -4.39. The van der Waals surface area contributed by atoms with Gasteiger partial charge in [0.15, 0.2) is 6.10 Å². The number of nitrogens with zero attached hydrogens (tertiary/aromatic N) is 1. The maximum Gasteiger partial charge on any atom is 0.472 e. The van der Waals surface area contributed by atoms with E-state index in [1.54, 1.807) is 0 Å². The van der Waals surface area contributed by atoms with Gasteiger partial charge in [0.05, 0.1) is 27.7 Å². The molecule has 1 N–H and O–H groups in total. The Kier molecular flexibility index (Phi) is 57.2. The van der Waals surface area contributed by atoms with Gasteiger partial charge in [0.2, 0.25) is 0 Å². The molecule has 10 heteroatoms. The summed E-state index contributed by atoms with van der Waals surface area (Å²) in [6.45, 7) is 4.35. The van der Waals surface area contributed by atoms with Crippen LogP contribution >= 0.6 is 7.82 Å². The van der Waals surface area contributed by atoms with Crippen molar-refractivity contribution in [2.45, 2.75) is 302 Å². The molecule has 0 saturated carbocycles. The van der Waals surface area contributed by atoms with E-state index in [4.69, 9.17) is 18.5 Å². The molecule has 2 unspecified atom stereocenters. The lowest BCUT2D eigenvalue weighted by atomic mass is 10.0. The Morgan fingerprint density at radius 2 is 0.731 bits per heavy atom. The monoisotopic (exact) mass is 1110 g/mol. The van der Waals surface area contributed by atoms with Gasteiger partial charge in [0.1, 0.15) is 19.8 Å². The van der Waals surface area contributed by atoms with Gasteiger partial charge in [-0.05, 0) is 83.5 Å². The number of ether oxygens (including phenoxy) is 2. The van der Waals surface area contributed by atoms with Crippen molar-refractivity contribution in [2.75, 3.05) is 47.5 Å². The molecule has 78 heavy (non-hydrogen) atoms. The molecule has 0 bridgehead atoms. The van der Waals surface area contributed by atoms with E-state index in [2.05, 4.69) is 86.8 Å². The first-order chi connectivity index (χ1) is 38.0. The molecule has 0 amide bonds. The molecule has 2 atom stereocenters. The number of phosphoric acid groups is 1. The van der Waals surface area contributed by atoms with Gasteiger partial charge in [-0.15, -0.1) is 0 Å². The lowest BCUT2D eigenvalue weighted by Crippen LogP contribution is -2.37. The first-order valence-corrected chi connectivity index (χ1v) is 34.2. The van der Waals surface area contributed by atoms with E-state index >= 15 is 0 Å². The number of rotatable bonds is 60. The van der Waals surface area contributed by atoms with Crippen molar-refractivity contribution in [3.05, 3.63) is 72.9 Å². The molecule has 454 valence electrons. The Balaban J connectivity index is 4.05. The van der Waals surface area contributed by atoms with Crippen LogP contribution in [0.2, 0.25) is 0 Å². The highest BCUT2D eigenvalue weighted by molar-refractivity contribution is 7.47. The number of hydrogen-bond donors (Lipinski definition) is 1. The Hall–Kier alpha value is -2.55. The van der Waals surface area contributed by atoms with Gasteiger partial charge in [-0.25, -0.2) is 4.57 Å². The van der Waals surface area contributed by atoms with Crippen molar-refractivity contribution >= 4 is 19.8 Å². The number of allylic oxidation sites excluding steroid dienone is 12. The first-order valence-electron chi connectivity index (χ1n) is 32.7. The maximum absolute atomic E-state index is 12.9. The second-order valence-electron chi connectivity index (χ2n) is 23.1. The fraction of sp³-hybridized carbons (Fsp3) is 0.794. The number of phosphoric ester groups is 1. The molecule has 0 saturated heterocycles. The van der Waals surface area contributed by atoms with Crippen molar-refractivity contribution < 1.29 is 42.1 Å². The van der Waals surface area contributed by atoms with Crippen LogP contribution in [-0.2, 0) is 32.7 Å². The normalized spacial score (nSPS) is 13.7. The molecular weight excluding hydrogens is 990 g/mol. The maximum atomic E-state index is 12.9. The Labute approximate surface area is 482 Å². The van der Waals surface area contributed by atoms with Crippen LogP contribution < -0.4 is 0 Å². The van der Waals surface area contributed by atoms with Crippen molar-refractivity contribution in [2.24, 2.45) is 0 Å².